The van der Waals surface area contributed by atoms with Crippen LogP contribution in [0.4, 0.5) is 4.79 Å². The molecule has 8 heteroatoms. The Morgan fingerprint density at radius 3 is 2.69 bits per heavy atom. The van der Waals surface area contributed by atoms with Crippen molar-refractivity contribution in [1.82, 2.24) is 20.9 Å². The number of amides is 3. The Bertz CT molecular complexity index is 797. The zero-order valence-corrected chi connectivity index (χ0v) is 20.0. The number of nitrogens with one attached hydrogen (secondary N) is 3. The fourth-order valence-corrected chi connectivity index (χ4v) is 6.64. The highest BCUT2D eigenvalue weighted by Gasteiger charge is 2.42. The van der Waals surface area contributed by atoms with Gasteiger partial charge in [0.2, 0.25) is 5.91 Å². The molecule has 7 nitrogen and oxygen atoms in total. The van der Waals surface area contributed by atoms with E-state index in [1.54, 1.807) is 0 Å². The van der Waals surface area contributed by atoms with Crippen molar-refractivity contribution in [3.63, 3.8) is 0 Å². The minimum atomic E-state index is -0.0393. The van der Waals surface area contributed by atoms with Gasteiger partial charge in [0.25, 0.3) is 0 Å². The molecular weight excluding hydrogens is 424 g/mol. The molecule has 3 aliphatic rings. The summed E-state index contributed by atoms with van der Waals surface area (Å²) in [5.74, 6) is 1.09. The summed E-state index contributed by atoms with van der Waals surface area (Å²) < 4.78 is 5.85. The number of urea groups is 1. The Balaban J connectivity index is 1.17. The van der Waals surface area contributed by atoms with Crippen LogP contribution < -0.4 is 16.0 Å². The van der Waals surface area contributed by atoms with Gasteiger partial charge in [-0.3, -0.25) is 9.69 Å². The maximum atomic E-state index is 12.4. The highest BCUT2D eigenvalue weighted by atomic mass is 32.2. The average molecular weight is 461 g/mol. The van der Waals surface area contributed by atoms with Crippen LogP contribution in [0.2, 0.25) is 0 Å². The first-order valence-electron chi connectivity index (χ1n) is 11.9. The molecule has 3 fully saturated rings. The third-order valence-electron chi connectivity index (χ3n) is 6.56. The predicted molar refractivity (Wildman–Crippen MR) is 128 cm³/mol. The molecule has 176 valence electrons. The molecule has 2 unspecified atom stereocenters. The molecule has 3 aliphatic heterocycles. The van der Waals surface area contributed by atoms with Crippen LogP contribution in [0.3, 0.4) is 0 Å². The SMILES string of the molecule is CC1CN(Cc2ccccc2CNC(=O)CCCC[C@@H]2SC[C@@H]3NC(=O)N[C@@H]32)CC(C)O1. The molecule has 1 aromatic rings. The zero-order valence-electron chi connectivity index (χ0n) is 19.1. The van der Waals surface area contributed by atoms with Crippen LogP contribution in [0.25, 0.3) is 0 Å². The Hall–Kier alpha value is -1.77. The van der Waals surface area contributed by atoms with E-state index < -0.39 is 0 Å². The van der Waals surface area contributed by atoms with Crippen LogP contribution >= 0.6 is 11.8 Å². The second-order valence-corrected chi connectivity index (χ2v) is 10.6. The third-order valence-corrected chi connectivity index (χ3v) is 8.07. The maximum absolute atomic E-state index is 12.4. The molecule has 1 aromatic carbocycles. The number of fused-ring (bicyclic) bond motifs is 1. The summed E-state index contributed by atoms with van der Waals surface area (Å²) in [6.07, 6.45) is 3.98. The van der Waals surface area contributed by atoms with Crippen molar-refractivity contribution in [2.75, 3.05) is 18.8 Å². The minimum Gasteiger partial charge on any atom is -0.373 e. The van der Waals surface area contributed by atoms with E-state index in [0.717, 1.165) is 44.6 Å². The van der Waals surface area contributed by atoms with E-state index in [4.69, 9.17) is 4.74 Å². The number of ether oxygens (including phenoxy) is 1. The molecule has 0 saturated carbocycles. The van der Waals surface area contributed by atoms with E-state index >= 15 is 0 Å². The zero-order chi connectivity index (χ0) is 22.5. The van der Waals surface area contributed by atoms with Crippen molar-refractivity contribution < 1.29 is 14.3 Å². The van der Waals surface area contributed by atoms with Gasteiger partial charge >= 0.3 is 6.03 Å². The summed E-state index contributed by atoms with van der Waals surface area (Å²) >= 11 is 1.93. The number of morpholine rings is 1. The second kappa shape index (κ2) is 10.9. The number of carbonyl (C=O) groups excluding carboxylic acids is 2. The number of unbranched alkanes of at least 4 members (excludes halogenated alkanes) is 1. The summed E-state index contributed by atoms with van der Waals surface area (Å²) in [6.45, 7) is 7.58. The molecule has 0 aromatic heterocycles. The fourth-order valence-electron chi connectivity index (χ4n) is 5.09. The largest absolute Gasteiger partial charge is 0.373 e. The van der Waals surface area contributed by atoms with Gasteiger partial charge in [0, 0.05) is 43.6 Å². The summed E-state index contributed by atoms with van der Waals surface area (Å²) in [4.78, 5) is 26.3. The lowest BCUT2D eigenvalue weighted by Gasteiger charge is -2.35. The summed E-state index contributed by atoms with van der Waals surface area (Å²) in [6, 6.07) is 8.86. The Morgan fingerprint density at radius 1 is 1.16 bits per heavy atom. The number of thioether (sulfide) groups is 1. The van der Waals surface area contributed by atoms with Crippen molar-refractivity contribution in [3.8, 4) is 0 Å². The molecule has 3 saturated heterocycles. The van der Waals surface area contributed by atoms with Gasteiger partial charge in [-0.1, -0.05) is 30.7 Å². The number of hydrogen-bond donors (Lipinski definition) is 3. The quantitative estimate of drug-likeness (QED) is 0.390. The van der Waals surface area contributed by atoms with Gasteiger partial charge in [-0.2, -0.15) is 11.8 Å². The van der Waals surface area contributed by atoms with Gasteiger partial charge in [-0.15, -0.1) is 0 Å². The molecule has 3 N–H and O–H groups in total. The van der Waals surface area contributed by atoms with Crippen LogP contribution in [-0.2, 0) is 22.6 Å². The topological polar surface area (TPSA) is 82.7 Å². The first kappa shape index (κ1) is 23.4. The van der Waals surface area contributed by atoms with Crippen LogP contribution in [0.15, 0.2) is 24.3 Å². The van der Waals surface area contributed by atoms with E-state index in [1.165, 1.54) is 11.1 Å². The molecular formula is C24H36N4O3S. The lowest BCUT2D eigenvalue weighted by Crippen LogP contribution is -2.45. The Kier molecular flexibility index (Phi) is 7.97. The molecule has 0 radical (unpaired) electrons. The normalized spacial score (nSPS) is 29.9. The van der Waals surface area contributed by atoms with Gasteiger partial charge in [0.1, 0.15) is 0 Å². The fraction of sp³-hybridized carbons (Fsp3) is 0.667. The second-order valence-electron chi connectivity index (χ2n) is 9.36. The summed E-state index contributed by atoms with van der Waals surface area (Å²) in [7, 11) is 0. The molecule has 3 amide bonds. The smallest absolute Gasteiger partial charge is 0.315 e. The molecule has 32 heavy (non-hydrogen) atoms. The highest BCUT2D eigenvalue weighted by Crippen LogP contribution is 2.33. The molecule has 5 atom stereocenters. The van der Waals surface area contributed by atoms with Crippen LogP contribution in [-0.4, -0.2) is 65.2 Å². The highest BCUT2D eigenvalue weighted by molar-refractivity contribution is 8.00. The van der Waals surface area contributed by atoms with E-state index in [0.29, 0.717) is 18.2 Å². The first-order chi connectivity index (χ1) is 15.5. The van der Waals surface area contributed by atoms with E-state index in [-0.39, 0.29) is 36.2 Å². The predicted octanol–water partition coefficient (Wildman–Crippen LogP) is 2.64. The van der Waals surface area contributed by atoms with Crippen molar-refractivity contribution in [1.29, 1.82) is 0 Å². The maximum Gasteiger partial charge on any atom is 0.315 e. The van der Waals surface area contributed by atoms with Crippen molar-refractivity contribution in [2.45, 2.75) is 82.2 Å². The Morgan fingerprint density at radius 2 is 1.91 bits per heavy atom. The van der Waals surface area contributed by atoms with E-state index in [1.807, 2.05) is 17.8 Å². The van der Waals surface area contributed by atoms with E-state index in [9.17, 15) is 9.59 Å². The van der Waals surface area contributed by atoms with Crippen molar-refractivity contribution in [3.05, 3.63) is 35.4 Å². The van der Waals surface area contributed by atoms with Gasteiger partial charge in [-0.05, 0) is 37.8 Å². The van der Waals surface area contributed by atoms with Crippen LogP contribution in [0.5, 0.6) is 0 Å². The van der Waals surface area contributed by atoms with Gasteiger partial charge in [-0.25, -0.2) is 4.79 Å². The Labute approximate surface area is 195 Å². The number of carbonyl (C=O) groups is 2. The minimum absolute atomic E-state index is 0.0393. The van der Waals surface area contributed by atoms with E-state index in [2.05, 4.69) is 52.9 Å². The molecule has 0 aliphatic carbocycles. The lowest BCUT2D eigenvalue weighted by atomic mass is 10.0. The molecule has 3 heterocycles. The third kappa shape index (κ3) is 6.17. The number of hydrogen-bond acceptors (Lipinski definition) is 5. The monoisotopic (exact) mass is 460 g/mol. The van der Waals surface area contributed by atoms with Crippen molar-refractivity contribution >= 4 is 23.7 Å². The molecule has 4 rings (SSSR count). The molecule has 0 spiro atoms. The van der Waals surface area contributed by atoms with Gasteiger partial charge in [0.05, 0.1) is 24.3 Å². The number of rotatable bonds is 9. The molecule has 0 bridgehead atoms. The van der Waals surface area contributed by atoms with Gasteiger partial charge < -0.3 is 20.7 Å². The number of benzene rings is 1. The summed E-state index contributed by atoms with van der Waals surface area (Å²) in [5, 5.41) is 9.58. The average Bonchev–Trinajstić information content (AvgIpc) is 3.29. The van der Waals surface area contributed by atoms with Crippen LogP contribution in [0.1, 0.15) is 50.7 Å². The standard InChI is InChI=1S/C24H36N4O3S/c1-16-12-28(13-17(2)31-16)14-19-8-4-3-7-18(19)11-25-22(29)10-6-5-9-21-23-20(15-32-21)26-24(30)27-23/h3-4,7-8,16-17,20-21,23H,5-6,9-15H2,1-2H3,(H,25,29)(H2,26,27,30)/t16?,17?,20-,21-,23-/m0/s1. The first-order valence-corrected chi connectivity index (χ1v) is 12.9. The lowest BCUT2D eigenvalue weighted by molar-refractivity contribution is -0.121. The number of nitrogens with zero attached hydrogens (tertiary/aromatic N) is 1. The summed E-state index contributed by atoms with van der Waals surface area (Å²) in [5.41, 5.74) is 2.46. The van der Waals surface area contributed by atoms with Crippen LogP contribution in [0, 0.1) is 0 Å². The van der Waals surface area contributed by atoms with Gasteiger partial charge in [0.15, 0.2) is 0 Å². The van der Waals surface area contributed by atoms with Crippen molar-refractivity contribution in [2.24, 2.45) is 0 Å².